The van der Waals surface area contributed by atoms with Gasteiger partial charge in [-0.3, -0.25) is 4.79 Å². The average molecular weight is 432 g/mol. The lowest BCUT2D eigenvalue weighted by Crippen LogP contribution is -2.60. The third-order valence-electron chi connectivity index (χ3n) is 5.24. The monoisotopic (exact) mass is 432 g/mol. The maximum atomic E-state index is 12.6. The average Bonchev–Trinajstić information content (AvgIpc) is 3.23. The minimum absolute atomic E-state index is 0.0415. The van der Waals surface area contributed by atoms with Gasteiger partial charge in [0.2, 0.25) is 5.82 Å². The zero-order valence-electron chi connectivity index (χ0n) is 16.8. The highest BCUT2D eigenvalue weighted by atomic mass is 19.4. The predicted molar refractivity (Wildman–Crippen MR) is 106 cm³/mol. The van der Waals surface area contributed by atoms with Crippen LogP contribution in [0.15, 0.2) is 53.1 Å². The minimum atomic E-state index is -4.68. The van der Waals surface area contributed by atoms with Gasteiger partial charge in [0.1, 0.15) is 5.75 Å². The second kappa shape index (κ2) is 7.93. The van der Waals surface area contributed by atoms with E-state index in [2.05, 4.69) is 14.7 Å². The predicted octanol–water partition coefficient (Wildman–Crippen LogP) is 3.72. The molecule has 0 atom stereocenters. The molecule has 1 saturated heterocycles. The number of hydrogen-bond acceptors (Lipinski definition) is 6. The number of likely N-dealkylation sites (N-methyl/N-ethyl adjacent to an activating group) is 1. The van der Waals surface area contributed by atoms with Crippen LogP contribution >= 0.6 is 0 Å². The lowest BCUT2D eigenvalue weighted by atomic mass is 10.0. The molecule has 0 aliphatic carbocycles. The summed E-state index contributed by atoms with van der Waals surface area (Å²) in [5, 5.41) is 3.39. The SMILES string of the molecule is COc1ccc(C(=O)N2CC(N(C)c3ccc(-c4noc(C(F)(F)F)n4)cc3)C2)cc1. The largest absolute Gasteiger partial charge is 0.497 e. The number of carbonyl (C=O) groups is 1. The summed E-state index contributed by atoms with van der Waals surface area (Å²) in [4.78, 5) is 19.7. The van der Waals surface area contributed by atoms with E-state index < -0.39 is 12.1 Å². The molecule has 1 aliphatic heterocycles. The number of anilines is 1. The molecular formula is C21H19F3N4O3. The summed E-state index contributed by atoms with van der Waals surface area (Å²) < 4.78 is 47.2. The lowest BCUT2D eigenvalue weighted by Gasteiger charge is -2.45. The van der Waals surface area contributed by atoms with E-state index in [1.807, 2.05) is 11.9 Å². The van der Waals surface area contributed by atoms with Crippen LogP contribution in [-0.2, 0) is 6.18 Å². The van der Waals surface area contributed by atoms with Crippen LogP contribution in [0.1, 0.15) is 16.2 Å². The number of aromatic nitrogens is 2. The van der Waals surface area contributed by atoms with E-state index in [-0.39, 0.29) is 17.8 Å². The molecule has 2 heterocycles. The van der Waals surface area contributed by atoms with Crippen molar-refractivity contribution < 1.29 is 27.2 Å². The van der Waals surface area contributed by atoms with Crippen LogP contribution < -0.4 is 9.64 Å². The van der Waals surface area contributed by atoms with E-state index in [4.69, 9.17) is 4.74 Å². The molecule has 0 unspecified atom stereocenters. The molecule has 1 fully saturated rings. The summed E-state index contributed by atoms with van der Waals surface area (Å²) in [6.07, 6.45) is -4.68. The van der Waals surface area contributed by atoms with Crippen LogP contribution in [0.3, 0.4) is 0 Å². The minimum Gasteiger partial charge on any atom is -0.497 e. The van der Waals surface area contributed by atoms with Gasteiger partial charge in [-0.15, -0.1) is 0 Å². The molecule has 31 heavy (non-hydrogen) atoms. The van der Waals surface area contributed by atoms with Gasteiger partial charge < -0.3 is 19.1 Å². The van der Waals surface area contributed by atoms with E-state index in [1.54, 1.807) is 60.5 Å². The number of amides is 1. The Labute approximate surface area is 176 Å². The van der Waals surface area contributed by atoms with Crippen molar-refractivity contribution in [2.75, 3.05) is 32.1 Å². The summed E-state index contributed by atoms with van der Waals surface area (Å²) in [5.74, 6) is -0.849. The van der Waals surface area contributed by atoms with Crippen LogP contribution in [0.5, 0.6) is 5.75 Å². The highest BCUT2D eigenvalue weighted by Crippen LogP contribution is 2.30. The molecule has 1 aliphatic rings. The van der Waals surface area contributed by atoms with Gasteiger partial charge in [-0.2, -0.15) is 18.2 Å². The van der Waals surface area contributed by atoms with Crippen molar-refractivity contribution in [1.82, 2.24) is 15.0 Å². The van der Waals surface area contributed by atoms with Gasteiger partial charge in [0, 0.05) is 37.0 Å². The maximum Gasteiger partial charge on any atom is 0.471 e. The number of halogens is 3. The first-order valence-electron chi connectivity index (χ1n) is 9.44. The van der Waals surface area contributed by atoms with E-state index in [9.17, 15) is 18.0 Å². The highest BCUT2D eigenvalue weighted by molar-refractivity contribution is 5.95. The summed E-state index contributed by atoms with van der Waals surface area (Å²) in [6, 6.07) is 13.9. The number of methoxy groups -OCH3 is 1. The van der Waals surface area contributed by atoms with E-state index in [0.29, 0.717) is 30.0 Å². The highest BCUT2D eigenvalue weighted by Gasteiger charge is 2.38. The Morgan fingerprint density at radius 2 is 1.77 bits per heavy atom. The normalized spacial score (nSPS) is 14.3. The van der Waals surface area contributed by atoms with Crippen LogP contribution in [0.2, 0.25) is 0 Å². The van der Waals surface area contributed by atoms with Crippen molar-refractivity contribution in [2.45, 2.75) is 12.2 Å². The number of rotatable bonds is 5. The van der Waals surface area contributed by atoms with Crippen molar-refractivity contribution in [1.29, 1.82) is 0 Å². The number of carbonyl (C=O) groups excluding carboxylic acids is 1. The summed E-state index contributed by atoms with van der Waals surface area (Å²) >= 11 is 0. The fourth-order valence-electron chi connectivity index (χ4n) is 3.29. The summed E-state index contributed by atoms with van der Waals surface area (Å²) in [6.45, 7) is 1.14. The van der Waals surface area contributed by atoms with Gasteiger partial charge in [-0.25, -0.2) is 0 Å². The summed E-state index contributed by atoms with van der Waals surface area (Å²) in [7, 11) is 3.48. The number of likely N-dealkylation sites (tertiary alicyclic amines) is 1. The number of nitrogens with zero attached hydrogens (tertiary/aromatic N) is 4. The Hall–Kier alpha value is -3.56. The fraction of sp³-hybridized carbons (Fsp3) is 0.286. The fourth-order valence-corrected chi connectivity index (χ4v) is 3.29. The second-order valence-corrected chi connectivity index (χ2v) is 7.17. The quantitative estimate of drug-likeness (QED) is 0.612. The standard InChI is InChI=1S/C21H19F3N4O3/c1-27(16-11-28(12-16)19(29)14-5-9-17(30-2)10-6-14)15-7-3-13(4-8-15)18-25-20(31-26-18)21(22,23)24/h3-10,16H,11-12H2,1-2H3. The molecule has 3 aromatic rings. The Morgan fingerprint density at radius 3 is 2.32 bits per heavy atom. The number of ether oxygens (including phenoxy) is 1. The van der Waals surface area contributed by atoms with Crippen molar-refractivity contribution in [3.63, 3.8) is 0 Å². The van der Waals surface area contributed by atoms with Crippen LogP contribution in [-0.4, -0.2) is 54.2 Å². The first-order valence-corrected chi connectivity index (χ1v) is 9.44. The zero-order chi connectivity index (χ0) is 22.2. The van der Waals surface area contributed by atoms with Gasteiger partial charge in [-0.05, 0) is 48.5 Å². The maximum absolute atomic E-state index is 12.6. The van der Waals surface area contributed by atoms with Crippen molar-refractivity contribution in [2.24, 2.45) is 0 Å². The number of hydrogen-bond donors (Lipinski definition) is 0. The Kier molecular flexibility index (Phi) is 5.30. The Bertz CT molecular complexity index is 1060. The van der Waals surface area contributed by atoms with Crippen molar-refractivity contribution in [3.8, 4) is 17.1 Å². The second-order valence-electron chi connectivity index (χ2n) is 7.17. The smallest absolute Gasteiger partial charge is 0.471 e. The van der Waals surface area contributed by atoms with Crippen LogP contribution in [0.4, 0.5) is 18.9 Å². The third-order valence-corrected chi connectivity index (χ3v) is 5.24. The first kappa shape index (κ1) is 20.7. The van der Waals surface area contributed by atoms with E-state index in [0.717, 1.165) is 5.69 Å². The third kappa shape index (κ3) is 4.18. The van der Waals surface area contributed by atoms with Gasteiger partial charge >= 0.3 is 12.1 Å². The molecule has 1 aromatic heterocycles. The molecule has 10 heteroatoms. The number of benzene rings is 2. The van der Waals surface area contributed by atoms with E-state index in [1.165, 1.54) is 0 Å². The lowest BCUT2D eigenvalue weighted by molar-refractivity contribution is -0.159. The Morgan fingerprint density at radius 1 is 1.13 bits per heavy atom. The van der Waals surface area contributed by atoms with Gasteiger partial charge in [-0.1, -0.05) is 5.16 Å². The van der Waals surface area contributed by atoms with Crippen LogP contribution in [0, 0.1) is 0 Å². The summed E-state index contributed by atoms with van der Waals surface area (Å²) in [5.41, 5.74) is 1.88. The first-order chi connectivity index (χ1) is 14.8. The molecule has 0 spiro atoms. The molecule has 7 nitrogen and oxygen atoms in total. The van der Waals surface area contributed by atoms with Gasteiger partial charge in [0.05, 0.1) is 13.2 Å². The molecule has 2 aromatic carbocycles. The molecule has 4 rings (SSSR count). The zero-order valence-corrected chi connectivity index (χ0v) is 16.8. The molecular weight excluding hydrogens is 413 g/mol. The van der Waals surface area contributed by atoms with Crippen molar-refractivity contribution in [3.05, 3.63) is 60.0 Å². The topological polar surface area (TPSA) is 71.7 Å². The molecule has 0 bridgehead atoms. The Balaban J connectivity index is 1.36. The molecule has 0 N–H and O–H groups in total. The van der Waals surface area contributed by atoms with E-state index >= 15 is 0 Å². The molecule has 0 radical (unpaired) electrons. The van der Waals surface area contributed by atoms with Gasteiger partial charge in [0.15, 0.2) is 0 Å². The molecule has 162 valence electrons. The van der Waals surface area contributed by atoms with Gasteiger partial charge in [0.25, 0.3) is 5.91 Å². The van der Waals surface area contributed by atoms with Crippen molar-refractivity contribution >= 4 is 11.6 Å². The molecule has 1 amide bonds. The number of alkyl halides is 3. The molecule has 0 saturated carbocycles. The van der Waals surface area contributed by atoms with Crippen LogP contribution in [0.25, 0.3) is 11.4 Å².